The van der Waals surface area contributed by atoms with Gasteiger partial charge in [-0.2, -0.15) is 0 Å². The predicted molar refractivity (Wildman–Crippen MR) is 105 cm³/mol. The van der Waals surface area contributed by atoms with E-state index in [4.69, 9.17) is 10.5 Å². The number of anilines is 3. The van der Waals surface area contributed by atoms with Crippen molar-refractivity contribution in [2.45, 2.75) is 0 Å². The van der Waals surface area contributed by atoms with Gasteiger partial charge in [0, 0.05) is 23.6 Å². The first-order valence-electron chi connectivity index (χ1n) is 8.04. The summed E-state index contributed by atoms with van der Waals surface area (Å²) in [5, 5.41) is 5.53. The van der Waals surface area contributed by atoms with E-state index in [0.717, 1.165) is 5.56 Å². The van der Waals surface area contributed by atoms with Crippen LogP contribution in [0.25, 0.3) is 0 Å². The van der Waals surface area contributed by atoms with Crippen molar-refractivity contribution in [1.82, 2.24) is 9.97 Å². The van der Waals surface area contributed by atoms with Crippen molar-refractivity contribution in [1.29, 1.82) is 0 Å². The summed E-state index contributed by atoms with van der Waals surface area (Å²) in [6, 6.07) is 14.0. The molecule has 0 radical (unpaired) electrons. The Morgan fingerprint density at radius 3 is 2.52 bits per heavy atom. The van der Waals surface area contributed by atoms with Crippen LogP contribution in [0.3, 0.4) is 0 Å². The molecular formula is C20H17N5O2. The molecule has 0 unspecified atom stereocenters. The van der Waals surface area contributed by atoms with Gasteiger partial charge >= 0.3 is 6.03 Å². The molecular weight excluding hydrogens is 342 g/mol. The molecule has 0 aliphatic heterocycles. The molecule has 2 aromatic carbocycles. The van der Waals surface area contributed by atoms with Gasteiger partial charge in [-0.15, -0.1) is 0 Å². The number of urea groups is 1. The van der Waals surface area contributed by atoms with Crippen molar-refractivity contribution in [3.05, 3.63) is 72.1 Å². The zero-order valence-electron chi connectivity index (χ0n) is 14.6. The van der Waals surface area contributed by atoms with Crippen LogP contribution in [-0.2, 0) is 0 Å². The zero-order chi connectivity index (χ0) is 19.1. The molecule has 3 aromatic rings. The monoisotopic (exact) mass is 359 g/mol. The number of nitrogens with zero attached hydrogens (tertiary/aromatic N) is 2. The van der Waals surface area contributed by atoms with Crippen LogP contribution in [0.1, 0.15) is 11.1 Å². The molecule has 27 heavy (non-hydrogen) atoms. The Morgan fingerprint density at radius 2 is 1.74 bits per heavy atom. The van der Waals surface area contributed by atoms with E-state index < -0.39 is 0 Å². The minimum Gasteiger partial charge on any atom is -0.495 e. The molecule has 0 saturated heterocycles. The molecule has 0 bridgehead atoms. The highest BCUT2D eigenvalue weighted by atomic mass is 16.5. The lowest BCUT2D eigenvalue weighted by Crippen LogP contribution is -2.19. The number of ether oxygens (including phenoxy) is 1. The Kier molecular flexibility index (Phi) is 5.50. The molecule has 0 fully saturated rings. The summed E-state index contributed by atoms with van der Waals surface area (Å²) in [5.74, 6) is 6.73. The summed E-state index contributed by atoms with van der Waals surface area (Å²) in [4.78, 5) is 20.0. The van der Waals surface area contributed by atoms with Gasteiger partial charge in [0.25, 0.3) is 0 Å². The molecule has 134 valence electrons. The second kappa shape index (κ2) is 8.36. The highest BCUT2D eigenvalue weighted by molar-refractivity contribution is 6.00. The molecule has 7 nitrogen and oxygen atoms in total. The van der Waals surface area contributed by atoms with Gasteiger partial charge in [-0.05, 0) is 30.3 Å². The Balaban J connectivity index is 1.69. The Labute approximate surface area is 156 Å². The lowest BCUT2D eigenvalue weighted by molar-refractivity contribution is 0.262. The fraction of sp³-hybridized carbons (Fsp3) is 0.0500. The highest BCUT2D eigenvalue weighted by Crippen LogP contribution is 2.23. The van der Waals surface area contributed by atoms with Crippen LogP contribution in [-0.4, -0.2) is 23.1 Å². The van der Waals surface area contributed by atoms with Gasteiger partial charge in [0.15, 0.2) is 0 Å². The minimum absolute atomic E-state index is 0.202. The Bertz CT molecular complexity index is 1010. The number of nitrogens with two attached hydrogens (primary N) is 1. The molecule has 3 rings (SSSR count). The average Bonchev–Trinajstić information content (AvgIpc) is 2.68. The number of amides is 2. The van der Waals surface area contributed by atoms with Crippen molar-refractivity contribution in [2.75, 3.05) is 23.5 Å². The quantitative estimate of drug-likeness (QED) is 0.624. The van der Waals surface area contributed by atoms with E-state index in [2.05, 4.69) is 32.4 Å². The maximum atomic E-state index is 12.2. The van der Waals surface area contributed by atoms with E-state index in [0.29, 0.717) is 22.7 Å². The van der Waals surface area contributed by atoms with Crippen molar-refractivity contribution >= 4 is 23.4 Å². The smallest absolute Gasteiger partial charge is 0.323 e. The second-order valence-electron chi connectivity index (χ2n) is 5.44. The van der Waals surface area contributed by atoms with Crippen LogP contribution < -0.4 is 21.1 Å². The Hall–Kier alpha value is -4.05. The molecule has 0 spiro atoms. The Morgan fingerprint density at radius 1 is 1.00 bits per heavy atom. The molecule has 0 aliphatic carbocycles. The summed E-state index contributed by atoms with van der Waals surface area (Å²) in [6.07, 6.45) is 3.11. The summed E-state index contributed by atoms with van der Waals surface area (Å²) >= 11 is 0. The normalized spacial score (nSPS) is 9.67. The number of benzene rings is 2. The number of nitrogens with one attached hydrogen (secondary N) is 2. The lowest BCUT2D eigenvalue weighted by Gasteiger charge is -2.11. The molecule has 4 N–H and O–H groups in total. The number of aromatic nitrogens is 2. The molecule has 0 saturated carbocycles. The third kappa shape index (κ3) is 4.96. The fourth-order valence-electron chi connectivity index (χ4n) is 2.25. The van der Waals surface area contributed by atoms with E-state index in [1.54, 1.807) is 43.8 Å². The summed E-state index contributed by atoms with van der Waals surface area (Å²) < 4.78 is 5.22. The summed E-state index contributed by atoms with van der Waals surface area (Å²) in [6.45, 7) is 0. The van der Waals surface area contributed by atoms with Gasteiger partial charge in [0.2, 0.25) is 5.95 Å². The maximum absolute atomic E-state index is 12.2. The predicted octanol–water partition coefficient (Wildman–Crippen LogP) is 3.11. The van der Waals surface area contributed by atoms with Gasteiger partial charge in [-0.25, -0.2) is 14.8 Å². The van der Waals surface area contributed by atoms with Gasteiger partial charge in [-0.3, -0.25) is 0 Å². The number of hydrogen-bond donors (Lipinski definition) is 3. The van der Waals surface area contributed by atoms with Crippen LogP contribution in [0, 0.1) is 11.8 Å². The third-order valence-corrected chi connectivity index (χ3v) is 3.50. The number of methoxy groups -OCH3 is 1. The summed E-state index contributed by atoms with van der Waals surface area (Å²) in [7, 11) is 1.55. The van der Waals surface area contributed by atoms with E-state index in [-0.39, 0.29) is 12.0 Å². The number of rotatable bonds is 3. The minimum atomic E-state index is -0.378. The van der Waals surface area contributed by atoms with Crippen molar-refractivity contribution in [3.63, 3.8) is 0 Å². The standard InChI is InChI=1S/C20H17N5O2/c1-27-18-8-3-2-7-17(18)25-20(26)24-16-6-4-5-14(11-16)9-10-15-12-22-19(21)23-13-15/h2-8,11-13H,1H3,(H2,21,22,23)(H2,24,25,26). The second-order valence-corrected chi connectivity index (χ2v) is 5.44. The summed E-state index contributed by atoms with van der Waals surface area (Å²) in [5.41, 5.74) is 8.03. The van der Waals surface area contributed by atoms with Gasteiger partial charge in [0.05, 0.1) is 18.4 Å². The first kappa shape index (κ1) is 17.8. The van der Waals surface area contributed by atoms with Gasteiger partial charge < -0.3 is 21.1 Å². The van der Waals surface area contributed by atoms with Crippen LogP contribution in [0.15, 0.2) is 60.9 Å². The third-order valence-electron chi connectivity index (χ3n) is 3.50. The maximum Gasteiger partial charge on any atom is 0.323 e. The van der Waals surface area contributed by atoms with Crippen molar-refractivity contribution < 1.29 is 9.53 Å². The molecule has 0 aliphatic rings. The van der Waals surface area contributed by atoms with Crippen LogP contribution in [0.5, 0.6) is 5.75 Å². The number of carbonyl (C=O) groups excluding carboxylic acids is 1. The molecule has 7 heteroatoms. The number of hydrogen-bond acceptors (Lipinski definition) is 5. The van der Waals surface area contributed by atoms with Gasteiger partial charge in [0.1, 0.15) is 5.75 Å². The van der Waals surface area contributed by atoms with Crippen molar-refractivity contribution in [2.24, 2.45) is 0 Å². The number of nitrogen functional groups attached to an aromatic ring is 1. The van der Waals surface area contributed by atoms with Crippen LogP contribution in [0.4, 0.5) is 22.1 Å². The zero-order valence-corrected chi connectivity index (χ0v) is 14.6. The van der Waals surface area contributed by atoms with E-state index >= 15 is 0 Å². The first-order chi connectivity index (χ1) is 13.1. The molecule has 1 aromatic heterocycles. The molecule has 0 atom stereocenters. The first-order valence-corrected chi connectivity index (χ1v) is 8.04. The lowest BCUT2D eigenvalue weighted by atomic mass is 10.2. The van der Waals surface area contributed by atoms with Gasteiger partial charge in [-0.1, -0.05) is 30.0 Å². The molecule has 1 heterocycles. The number of carbonyl (C=O) groups is 1. The highest BCUT2D eigenvalue weighted by Gasteiger charge is 2.07. The average molecular weight is 359 g/mol. The number of para-hydroxylation sites is 2. The fourth-order valence-corrected chi connectivity index (χ4v) is 2.25. The van der Waals surface area contributed by atoms with E-state index in [1.807, 2.05) is 24.3 Å². The SMILES string of the molecule is COc1ccccc1NC(=O)Nc1cccc(C#Cc2cnc(N)nc2)c1. The van der Waals surface area contributed by atoms with E-state index in [9.17, 15) is 4.79 Å². The van der Waals surface area contributed by atoms with Crippen LogP contribution in [0.2, 0.25) is 0 Å². The van der Waals surface area contributed by atoms with E-state index in [1.165, 1.54) is 0 Å². The topological polar surface area (TPSA) is 102 Å². The molecule has 2 amide bonds. The largest absolute Gasteiger partial charge is 0.495 e. The van der Waals surface area contributed by atoms with Crippen molar-refractivity contribution in [3.8, 4) is 17.6 Å². The van der Waals surface area contributed by atoms with Crippen LogP contribution >= 0.6 is 0 Å².